The maximum absolute atomic E-state index is 13.9. The summed E-state index contributed by atoms with van der Waals surface area (Å²) in [6.07, 6.45) is 2.97. The zero-order valence-electron chi connectivity index (χ0n) is 23.2. The second kappa shape index (κ2) is 12.1. The topological polar surface area (TPSA) is 94.6 Å². The van der Waals surface area contributed by atoms with Crippen molar-refractivity contribution in [3.05, 3.63) is 53.0 Å². The number of alkyl halides is 1. The van der Waals surface area contributed by atoms with Gasteiger partial charge in [0.05, 0.1) is 20.9 Å². The highest BCUT2D eigenvalue weighted by Crippen LogP contribution is 2.40. The largest absolute Gasteiger partial charge is 0.383 e. The van der Waals surface area contributed by atoms with Gasteiger partial charge >= 0.3 is 0 Å². The van der Waals surface area contributed by atoms with Crippen LogP contribution in [-0.4, -0.2) is 81.1 Å². The summed E-state index contributed by atoms with van der Waals surface area (Å²) in [5.74, 6) is -0.281. The normalized spacial score (nSPS) is 18.3. The average molecular weight is 588 g/mol. The van der Waals surface area contributed by atoms with Crippen LogP contribution in [0.5, 0.6) is 0 Å². The molecule has 40 heavy (non-hydrogen) atoms. The molecule has 1 fully saturated rings. The molecule has 0 radical (unpaired) electrons. The molecule has 3 aromatic rings. The van der Waals surface area contributed by atoms with Gasteiger partial charge < -0.3 is 10.2 Å². The number of nitrogens with one attached hydrogen (secondary N) is 2. The van der Waals surface area contributed by atoms with Gasteiger partial charge in [0, 0.05) is 45.7 Å². The Hall–Kier alpha value is -2.60. The van der Waals surface area contributed by atoms with Crippen LogP contribution in [-0.2, 0) is 27.7 Å². The van der Waals surface area contributed by atoms with E-state index in [1.54, 1.807) is 17.0 Å². The van der Waals surface area contributed by atoms with E-state index in [0.717, 1.165) is 35.0 Å². The van der Waals surface area contributed by atoms with Crippen LogP contribution in [0.3, 0.4) is 0 Å². The van der Waals surface area contributed by atoms with Crippen LogP contribution in [0.25, 0.3) is 10.2 Å². The molecule has 2 aromatic carbocycles. The van der Waals surface area contributed by atoms with Gasteiger partial charge in [-0.15, -0.1) is 11.3 Å². The number of carbonyl (C=O) groups is 1. The predicted molar refractivity (Wildman–Crippen MR) is 158 cm³/mol. The van der Waals surface area contributed by atoms with E-state index in [9.17, 15) is 17.6 Å². The van der Waals surface area contributed by atoms with E-state index in [1.165, 1.54) is 11.3 Å². The lowest BCUT2D eigenvalue weighted by molar-refractivity contribution is -0.134. The molecular weight excluding hydrogens is 549 g/mol. The zero-order chi connectivity index (χ0) is 28.3. The minimum Gasteiger partial charge on any atom is -0.383 e. The summed E-state index contributed by atoms with van der Waals surface area (Å²) in [4.78, 5) is 22.3. The third-order valence-corrected chi connectivity index (χ3v) is 11.1. The fraction of sp³-hybridized carbons (Fsp3) is 0.517. The number of carbonyl (C=O) groups excluding carboxylic acids is 1. The summed E-state index contributed by atoms with van der Waals surface area (Å²) in [6, 6.07) is 12.1. The number of piperazine rings is 1. The molecule has 0 bridgehead atoms. The number of rotatable bonds is 10. The highest BCUT2D eigenvalue weighted by molar-refractivity contribution is 7.89. The second-order valence-electron chi connectivity index (χ2n) is 10.8. The van der Waals surface area contributed by atoms with Crippen molar-refractivity contribution in [2.45, 2.75) is 50.5 Å². The average Bonchev–Trinajstić information content (AvgIpc) is 3.38. The highest BCUT2D eigenvalue weighted by Gasteiger charge is 2.36. The molecule has 1 amide bonds. The molecule has 1 atom stereocenters. The Kier molecular flexibility index (Phi) is 8.75. The first kappa shape index (κ1) is 28.9. The number of thiazole rings is 1. The van der Waals surface area contributed by atoms with Crippen molar-refractivity contribution in [3.63, 3.8) is 0 Å². The van der Waals surface area contributed by atoms with E-state index >= 15 is 0 Å². The van der Waals surface area contributed by atoms with Crippen molar-refractivity contribution in [2.75, 3.05) is 51.3 Å². The van der Waals surface area contributed by atoms with Crippen LogP contribution in [0.15, 0.2) is 47.4 Å². The van der Waals surface area contributed by atoms with Crippen molar-refractivity contribution in [1.29, 1.82) is 0 Å². The minimum absolute atomic E-state index is 0.0957. The Labute approximate surface area is 240 Å². The molecule has 0 unspecified atom stereocenters. The Morgan fingerprint density at radius 2 is 1.88 bits per heavy atom. The van der Waals surface area contributed by atoms with Crippen LogP contribution in [0.1, 0.15) is 37.3 Å². The van der Waals surface area contributed by atoms with Crippen molar-refractivity contribution < 1.29 is 17.6 Å². The first-order chi connectivity index (χ1) is 19.3. The van der Waals surface area contributed by atoms with Crippen LogP contribution in [0.4, 0.5) is 10.1 Å². The lowest BCUT2D eigenvalue weighted by Crippen LogP contribution is -2.55. The monoisotopic (exact) mass is 587 g/mol. The number of halogens is 1. The van der Waals surface area contributed by atoms with Gasteiger partial charge in [0.25, 0.3) is 0 Å². The maximum atomic E-state index is 13.9. The molecule has 8 nitrogen and oxygen atoms in total. The summed E-state index contributed by atoms with van der Waals surface area (Å²) in [7, 11) is -4.05. The van der Waals surface area contributed by atoms with Gasteiger partial charge in [-0.25, -0.2) is 17.8 Å². The maximum Gasteiger partial charge on any atom is 0.243 e. The number of hydrogen-bond donors (Lipinski definition) is 2. The third kappa shape index (κ3) is 6.02. The van der Waals surface area contributed by atoms with E-state index < -0.39 is 22.7 Å². The number of para-hydroxylation sites is 2. The quantitative estimate of drug-likeness (QED) is 0.372. The second-order valence-corrected chi connectivity index (χ2v) is 13.6. The van der Waals surface area contributed by atoms with E-state index in [1.807, 2.05) is 35.2 Å². The first-order valence-corrected chi connectivity index (χ1v) is 16.4. The van der Waals surface area contributed by atoms with Gasteiger partial charge in [-0.3, -0.25) is 9.69 Å². The highest BCUT2D eigenvalue weighted by atomic mass is 32.2. The SMILES string of the molecule is CCC1(CC)CNc2c(cccc2S(=O)(=O)N[C@@H](Cc2nc3ccccc3s2)C(=O)N2CCN(CCF)CC2)C1. The van der Waals surface area contributed by atoms with Crippen LogP contribution in [0, 0.1) is 5.41 Å². The molecular formula is C29H38FN5O3S2. The van der Waals surface area contributed by atoms with Crippen molar-refractivity contribution >= 4 is 43.2 Å². The van der Waals surface area contributed by atoms with Gasteiger partial charge in [-0.05, 0) is 48.4 Å². The van der Waals surface area contributed by atoms with Gasteiger partial charge in [0.15, 0.2) is 0 Å². The molecule has 216 valence electrons. The van der Waals surface area contributed by atoms with Crippen LogP contribution >= 0.6 is 11.3 Å². The number of sulfonamides is 1. The lowest BCUT2D eigenvalue weighted by Gasteiger charge is -2.38. The molecule has 2 N–H and O–H groups in total. The van der Waals surface area contributed by atoms with E-state index in [4.69, 9.17) is 0 Å². The fourth-order valence-corrected chi connectivity index (χ4v) is 8.21. The van der Waals surface area contributed by atoms with E-state index in [2.05, 4.69) is 28.9 Å². The summed E-state index contributed by atoms with van der Waals surface area (Å²) in [5.41, 5.74) is 2.53. The van der Waals surface area contributed by atoms with Crippen molar-refractivity contribution in [1.82, 2.24) is 19.5 Å². The number of fused-ring (bicyclic) bond motifs is 2. The third-order valence-electron chi connectivity index (χ3n) is 8.50. The molecule has 0 spiro atoms. The molecule has 1 saturated heterocycles. The van der Waals surface area contributed by atoms with E-state index in [-0.39, 0.29) is 22.6 Å². The number of benzene rings is 2. The predicted octanol–water partition coefficient (Wildman–Crippen LogP) is 4.07. The first-order valence-electron chi connectivity index (χ1n) is 14.1. The molecule has 2 aliphatic rings. The van der Waals surface area contributed by atoms with Gasteiger partial charge in [-0.1, -0.05) is 38.1 Å². The molecule has 0 aliphatic carbocycles. The van der Waals surface area contributed by atoms with Crippen molar-refractivity contribution in [2.24, 2.45) is 5.41 Å². The Morgan fingerprint density at radius 3 is 2.58 bits per heavy atom. The summed E-state index contributed by atoms with van der Waals surface area (Å²) in [6.45, 7) is 6.93. The Morgan fingerprint density at radius 1 is 1.12 bits per heavy atom. The smallest absolute Gasteiger partial charge is 0.243 e. The number of anilines is 1. The van der Waals surface area contributed by atoms with Gasteiger partial charge in [-0.2, -0.15) is 4.72 Å². The number of nitrogens with zero attached hydrogens (tertiary/aromatic N) is 3. The minimum atomic E-state index is -4.05. The zero-order valence-corrected chi connectivity index (χ0v) is 24.8. The van der Waals surface area contributed by atoms with Crippen LogP contribution in [0.2, 0.25) is 0 Å². The lowest BCUT2D eigenvalue weighted by atomic mass is 9.74. The standard InChI is InChI=1S/C29H38FN5O3S2/c1-3-29(4-2)19-21-8-7-11-25(27(21)31-20-29)40(37,38)33-23(18-26-32-22-9-5-6-10-24(22)39-26)28(36)35-16-14-34(13-12-30)15-17-35/h5-11,23,31,33H,3-4,12-20H2,1-2H3/t23-/m0/s1. The molecule has 1 aromatic heterocycles. The number of hydrogen-bond acceptors (Lipinski definition) is 7. The Balaban J connectivity index is 1.42. The number of amides is 1. The van der Waals surface area contributed by atoms with Gasteiger partial charge in [0.2, 0.25) is 15.9 Å². The van der Waals surface area contributed by atoms with Crippen LogP contribution < -0.4 is 10.0 Å². The molecule has 2 aliphatic heterocycles. The molecule has 5 rings (SSSR count). The molecule has 0 saturated carbocycles. The van der Waals surface area contributed by atoms with E-state index in [0.29, 0.717) is 50.0 Å². The Bertz CT molecular complexity index is 1420. The number of aromatic nitrogens is 1. The molecule has 11 heteroatoms. The fourth-order valence-electron chi connectivity index (χ4n) is 5.78. The summed E-state index contributed by atoms with van der Waals surface area (Å²) < 4.78 is 44.4. The molecule has 3 heterocycles. The van der Waals surface area contributed by atoms with Gasteiger partial charge in [0.1, 0.15) is 17.6 Å². The summed E-state index contributed by atoms with van der Waals surface area (Å²) in [5, 5.41) is 4.12. The van der Waals surface area contributed by atoms with Crippen molar-refractivity contribution in [3.8, 4) is 0 Å². The summed E-state index contributed by atoms with van der Waals surface area (Å²) >= 11 is 1.47.